The molecule has 12 heteroatoms. The molecule has 4 rings (SSSR count). The molecular formula is C23H21ClF3N5O3. The maximum atomic E-state index is 14.1. The molecule has 8 nitrogen and oxygen atoms in total. The number of halogens is 4. The lowest BCUT2D eigenvalue weighted by Gasteiger charge is -2.34. The van der Waals surface area contributed by atoms with Crippen LogP contribution in [0.5, 0.6) is 0 Å². The van der Waals surface area contributed by atoms with Crippen LogP contribution in [0.2, 0.25) is 0 Å². The van der Waals surface area contributed by atoms with Gasteiger partial charge in [0.15, 0.2) is 5.76 Å². The summed E-state index contributed by atoms with van der Waals surface area (Å²) in [5.74, 6) is -4.19. The van der Waals surface area contributed by atoms with Crippen molar-refractivity contribution in [1.82, 2.24) is 20.4 Å². The molecule has 184 valence electrons. The topological polar surface area (TPSA) is 101 Å². The van der Waals surface area contributed by atoms with E-state index in [0.717, 1.165) is 4.90 Å². The van der Waals surface area contributed by atoms with E-state index < -0.39 is 35.5 Å². The zero-order valence-corrected chi connectivity index (χ0v) is 19.0. The Labute approximate surface area is 203 Å². The molecule has 1 saturated carbocycles. The van der Waals surface area contributed by atoms with Gasteiger partial charge in [-0.3, -0.25) is 14.5 Å². The number of aromatic nitrogens is 3. The number of alkyl halides is 4. The summed E-state index contributed by atoms with van der Waals surface area (Å²) in [7, 11) is 0. The van der Waals surface area contributed by atoms with Crippen LogP contribution < -0.4 is 10.2 Å². The van der Waals surface area contributed by atoms with E-state index in [9.17, 15) is 22.8 Å². The van der Waals surface area contributed by atoms with Crippen molar-refractivity contribution in [1.29, 1.82) is 0 Å². The van der Waals surface area contributed by atoms with Crippen LogP contribution in [0.4, 0.5) is 18.9 Å². The fourth-order valence-corrected chi connectivity index (χ4v) is 4.10. The van der Waals surface area contributed by atoms with Crippen molar-refractivity contribution < 1.29 is 27.3 Å². The van der Waals surface area contributed by atoms with Crippen LogP contribution in [0.15, 0.2) is 59.8 Å². The Kier molecular flexibility index (Phi) is 7.34. The monoisotopic (exact) mass is 507 g/mol. The Bertz CT molecular complexity index is 1140. The van der Waals surface area contributed by atoms with Crippen molar-refractivity contribution in [2.75, 3.05) is 4.90 Å². The summed E-state index contributed by atoms with van der Waals surface area (Å²) in [6.07, 6.45) is 4.74. The molecule has 0 radical (unpaired) electrons. The number of rotatable bonds is 7. The first-order chi connectivity index (χ1) is 16.7. The van der Waals surface area contributed by atoms with Crippen LogP contribution in [-0.2, 0) is 9.59 Å². The van der Waals surface area contributed by atoms with Gasteiger partial charge in [-0.05, 0) is 37.1 Å². The zero-order valence-electron chi connectivity index (χ0n) is 18.3. The summed E-state index contributed by atoms with van der Waals surface area (Å²) in [6, 6.07) is 5.92. The van der Waals surface area contributed by atoms with Gasteiger partial charge in [-0.15, -0.1) is 0 Å². The number of carbonyl (C=O) groups is 2. The molecule has 3 aromatic rings. The molecule has 0 spiro atoms. The molecule has 1 fully saturated rings. The fraction of sp³-hybridized carbons (Fsp3) is 0.348. The predicted octanol–water partition coefficient (Wildman–Crippen LogP) is 4.43. The van der Waals surface area contributed by atoms with E-state index in [2.05, 4.69) is 20.4 Å². The van der Waals surface area contributed by atoms with Gasteiger partial charge in [-0.1, -0.05) is 16.8 Å². The highest BCUT2D eigenvalue weighted by Crippen LogP contribution is 2.35. The van der Waals surface area contributed by atoms with Crippen LogP contribution in [-0.4, -0.2) is 44.5 Å². The van der Waals surface area contributed by atoms with Gasteiger partial charge in [-0.2, -0.15) is 0 Å². The molecule has 0 bridgehead atoms. The quantitative estimate of drug-likeness (QED) is 0.475. The third kappa shape index (κ3) is 5.79. The third-order valence-corrected chi connectivity index (χ3v) is 5.94. The van der Waals surface area contributed by atoms with E-state index >= 15 is 0 Å². The summed E-state index contributed by atoms with van der Waals surface area (Å²) in [5, 5.41) is 6.37. The smallest absolute Gasteiger partial charge is 0.278 e. The molecular weight excluding hydrogens is 487 g/mol. The summed E-state index contributed by atoms with van der Waals surface area (Å²) in [6.45, 7) is 0. The number of amides is 2. The fourth-order valence-electron chi connectivity index (χ4n) is 3.99. The second-order valence-corrected chi connectivity index (χ2v) is 8.53. The Balaban J connectivity index is 1.68. The minimum atomic E-state index is -2.78. The van der Waals surface area contributed by atoms with Crippen molar-refractivity contribution in [3.05, 3.63) is 60.8 Å². The molecule has 1 aromatic carbocycles. The highest BCUT2D eigenvalue weighted by Gasteiger charge is 2.39. The molecule has 35 heavy (non-hydrogen) atoms. The maximum absolute atomic E-state index is 14.1. The number of hydrogen-bond acceptors (Lipinski definition) is 6. The molecule has 2 atom stereocenters. The largest absolute Gasteiger partial charge is 0.356 e. The van der Waals surface area contributed by atoms with Gasteiger partial charge in [-0.25, -0.2) is 23.1 Å². The highest BCUT2D eigenvalue weighted by atomic mass is 35.5. The molecule has 1 aliphatic rings. The lowest BCUT2D eigenvalue weighted by molar-refractivity contribution is -0.128. The van der Waals surface area contributed by atoms with Crippen LogP contribution >= 0.6 is 11.6 Å². The predicted molar refractivity (Wildman–Crippen MR) is 120 cm³/mol. The van der Waals surface area contributed by atoms with Gasteiger partial charge in [0.05, 0.1) is 6.20 Å². The second-order valence-electron chi connectivity index (χ2n) is 8.15. The minimum Gasteiger partial charge on any atom is -0.356 e. The molecule has 1 N–H and O–H groups in total. The number of nitrogens with one attached hydrogen (secondary N) is 1. The van der Waals surface area contributed by atoms with Gasteiger partial charge in [0.2, 0.25) is 11.8 Å². The number of benzene rings is 1. The Morgan fingerprint density at radius 2 is 1.77 bits per heavy atom. The van der Waals surface area contributed by atoms with Gasteiger partial charge in [0.1, 0.15) is 12.4 Å². The molecule has 0 saturated heterocycles. The number of nitrogens with zero attached hydrogens (tertiary/aromatic N) is 4. The SMILES string of the molecule is O=C(NC1CCC(F)(F)CC1)[C@H](c1cncnc1)N(C(=O)[C@@H](F)Cl)c1ccc(-c2ccno2)cc1. The Morgan fingerprint density at radius 3 is 2.34 bits per heavy atom. The van der Waals surface area contributed by atoms with Crippen LogP contribution in [0.1, 0.15) is 37.3 Å². The minimum absolute atomic E-state index is 0.0673. The summed E-state index contributed by atoms with van der Waals surface area (Å²) in [4.78, 5) is 35.1. The standard InChI is InChI=1S/C23H21ClF3N5O3/c24-20(25)22(34)32(17-3-1-14(2-4-17)18-7-10-30-35-18)19(15-11-28-13-29-12-15)21(33)31-16-5-8-23(26,27)9-6-16/h1-4,7,10-13,16,19-20H,5-6,8-9H2,(H,31,33)/t19-,20+/m0/s1. The van der Waals surface area contributed by atoms with Gasteiger partial charge in [0, 0.05) is 54.2 Å². The average molecular weight is 508 g/mol. The molecule has 2 aromatic heterocycles. The van der Waals surface area contributed by atoms with Crippen molar-refractivity contribution in [2.45, 2.75) is 49.3 Å². The first kappa shape index (κ1) is 24.6. The van der Waals surface area contributed by atoms with Crippen LogP contribution in [0.25, 0.3) is 11.3 Å². The number of hydrogen-bond donors (Lipinski definition) is 1. The second kappa shape index (κ2) is 10.4. The first-order valence-electron chi connectivity index (χ1n) is 10.8. The molecule has 1 aliphatic carbocycles. The van der Waals surface area contributed by atoms with E-state index in [1.165, 1.54) is 37.1 Å². The van der Waals surface area contributed by atoms with Gasteiger partial charge >= 0.3 is 0 Å². The van der Waals surface area contributed by atoms with Crippen molar-refractivity contribution in [3.63, 3.8) is 0 Å². The van der Waals surface area contributed by atoms with Crippen molar-refractivity contribution in [3.8, 4) is 11.3 Å². The molecule has 2 heterocycles. The van der Waals surface area contributed by atoms with Crippen LogP contribution in [0.3, 0.4) is 0 Å². The Hall–Kier alpha value is -3.47. The summed E-state index contributed by atoms with van der Waals surface area (Å²) < 4.78 is 46.4. The first-order valence-corrected chi connectivity index (χ1v) is 11.2. The summed E-state index contributed by atoms with van der Waals surface area (Å²) in [5.41, 5.74) is -1.46. The maximum Gasteiger partial charge on any atom is 0.278 e. The third-order valence-electron chi connectivity index (χ3n) is 5.76. The van der Waals surface area contributed by atoms with Crippen molar-refractivity contribution in [2.24, 2.45) is 0 Å². The average Bonchev–Trinajstić information content (AvgIpc) is 3.39. The lowest BCUT2D eigenvalue weighted by Crippen LogP contribution is -2.49. The van der Waals surface area contributed by atoms with E-state index in [-0.39, 0.29) is 36.9 Å². The normalized spacial score (nSPS) is 17.4. The molecule has 0 aliphatic heterocycles. The molecule has 2 amide bonds. The molecule has 0 unspecified atom stereocenters. The Morgan fingerprint density at radius 1 is 1.11 bits per heavy atom. The van der Waals surface area contributed by atoms with Gasteiger partial charge < -0.3 is 9.84 Å². The summed E-state index contributed by atoms with van der Waals surface area (Å²) >= 11 is 5.52. The van der Waals surface area contributed by atoms with Crippen LogP contribution in [0, 0.1) is 0 Å². The van der Waals surface area contributed by atoms with Crippen molar-refractivity contribution >= 4 is 29.1 Å². The zero-order chi connectivity index (χ0) is 25.0. The van der Waals surface area contributed by atoms with E-state index in [1.54, 1.807) is 18.2 Å². The van der Waals surface area contributed by atoms with E-state index in [1.807, 2.05) is 0 Å². The number of carbonyl (C=O) groups excluding carboxylic acids is 2. The van der Waals surface area contributed by atoms with E-state index in [0.29, 0.717) is 11.3 Å². The number of anilines is 1. The lowest BCUT2D eigenvalue weighted by atomic mass is 9.92. The van der Waals surface area contributed by atoms with E-state index in [4.69, 9.17) is 16.1 Å². The van der Waals surface area contributed by atoms with Gasteiger partial charge in [0.25, 0.3) is 11.5 Å². The highest BCUT2D eigenvalue weighted by molar-refractivity contribution is 6.32.